The van der Waals surface area contributed by atoms with Crippen molar-refractivity contribution < 1.29 is 9.47 Å². The number of rotatable bonds is 5. The van der Waals surface area contributed by atoms with E-state index in [0.717, 1.165) is 10.2 Å². The Morgan fingerprint density at radius 2 is 2.10 bits per heavy atom. The fourth-order valence-corrected chi connectivity index (χ4v) is 1.81. The van der Waals surface area contributed by atoms with Crippen molar-refractivity contribution in [1.82, 2.24) is 15.0 Å². The molecule has 0 unspecified atom stereocenters. The first-order chi connectivity index (χ1) is 9.62. The number of methoxy groups -OCH3 is 1. The van der Waals surface area contributed by atoms with Crippen molar-refractivity contribution >= 4 is 33.5 Å². The lowest BCUT2D eigenvalue weighted by atomic mass is 10.3. The summed E-state index contributed by atoms with van der Waals surface area (Å²) in [6.45, 7) is 2.29. The largest absolute Gasteiger partial charge is 0.497 e. The van der Waals surface area contributed by atoms with Crippen LogP contribution in [0.4, 0.5) is 17.6 Å². The summed E-state index contributed by atoms with van der Waals surface area (Å²) in [6.07, 6.45) is 0. The average molecular weight is 340 g/mol. The van der Waals surface area contributed by atoms with Gasteiger partial charge in [0.1, 0.15) is 5.75 Å². The Morgan fingerprint density at radius 3 is 2.80 bits per heavy atom. The summed E-state index contributed by atoms with van der Waals surface area (Å²) >= 11 is 3.43. The predicted molar refractivity (Wildman–Crippen MR) is 79.4 cm³/mol. The fourth-order valence-electron chi connectivity index (χ4n) is 1.47. The lowest BCUT2D eigenvalue weighted by Crippen LogP contribution is -2.07. The Morgan fingerprint density at radius 1 is 1.30 bits per heavy atom. The molecular formula is C12H14BrN5O2. The van der Waals surface area contributed by atoms with Crippen LogP contribution in [0.25, 0.3) is 0 Å². The molecule has 20 heavy (non-hydrogen) atoms. The SMILES string of the molecule is CCOc1nc(N)nc(Nc2cc(OC)ccc2Br)n1. The van der Waals surface area contributed by atoms with Gasteiger partial charge < -0.3 is 20.5 Å². The van der Waals surface area contributed by atoms with Crippen molar-refractivity contribution in [2.24, 2.45) is 0 Å². The molecule has 2 aromatic rings. The third-order valence-corrected chi connectivity index (χ3v) is 3.02. The Hall–Kier alpha value is -2.09. The predicted octanol–water partition coefficient (Wildman–Crippen LogP) is 2.37. The van der Waals surface area contributed by atoms with Crippen molar-refractivity contribution in [3.63, 3.8) is 0 Å². The number of nitrogens with two attached hydrogens (primary N) is 1. The zero-order chi connectivity index (χ0) is 14.5. The fraction of sp³-hybridized carbons (Fsp3) is 0.250. The first-order valence-corrected chi connectivity index (χ1v) is 6.66. The van der Waals surface area contributed by atoms with Gasteiger partial charge in [-0.1, -0.05) is 0 Å². The van der Waals surface area contributed by atoms with Gasteiger partial charge in [0.15, 0.2) is 0 Å². The van der Waals surface area contributed by atoms with Gasteiger partial charge >= 0.3 is 6.01 Å². The third-order valence-electron chi connectivity index (χ3n) is 2.33. The van der Waals surface area contributed by atoms with Crippen LogP contribution in [0.2, 0.25) is 0 Å². The second-order valence-corrected chi connectivity index (χ2v) is 4.56. The van der Waals surface area contributed by atoms with Crippen LogP contribution in [-0.4, -0.2) is 28.7 Å². The molecule has 106 valence electrons. The zero-order valence-corrected chi connectivity index (χ0v) is 12.6. The molecular weight excluding hydrogens is 326 g/mol. The Bertz CT molecular complexity index is 608. The lowest BCUT2D eigenvalue weighted by molar-refractivity contribution is 0.312. The van der Waals surface area contributed by atoms with E-state index in [1.54, 1.807) is 7.11 Å². The van der Waals surface area contributed by atoms with Crippen molar-refractivity contribution in [1.29, 1.82) is 0 Å². The zero-order valence-electron chi connectivity index (χ0n) is 11.1. The number of ether oxygens (including phenoxy) is 2. The molecule has 1 aromatic heterocycles. The molecule has 2 rings (SSSR count). The van der Waals surface area contributed by atoms with Crippen LogP contribution in [0.15, 0.2) is 22.7 Å². The number of nitrogens with one attached hydrogen (secondary N) is 1. The van der Waals surface area contributed by atoms with Crippen LogP contribution < -0.4 is 20.5 Å². The first kappa shape index (κ1) is 14.3. The van der Waals surface area contributed by atoms with E-state index in [2.05, 4.69) is 36.2 Å². The highest BCUT2D eigenvalue weighted by Crippen LogP contribution is 2.29. The highest BCUT2D eigenvalue weighted by Gasteiger charge is 2.08. The molecule has 0 fully saturated rings. The summed E-state index contributed by atoms with van der Waals surface area (Å²) in [5, 5.41) is 3.04. The van der Waals surface area contributed by atoms with Crippen molar-refractivity contribution in [3.05, 3.63) is 22.7 Å². The molecule has 0 bridgehead atoms. The monoisotopic (exact) mass is 339 g/mol. The highest BCUT2D eigenvalue weighted by atomic mass is 79.9. The number of nitrogen functional groups attached to an aromatic ring is 1. The molecule has 1 heterocycles. The average Bonchev–Trinajstić information content (AvgIpc) is 2.41. The van der Waals surface area contributed by atoms with Crippen molar-refractivity contribution in [2.75, 3.05) is 24.8 Å². The molecule has 7 nitrogen and oxygen atoms in total. The van der Waals surface area contributed by atoms with Crippen LogP contribution in [-0.2, 0) is 0 Å². The molecule has 0 amide bonds. The summed E-state index contributed by atoms with van der Waals surface area (Å²) in [7, 11) is 1.60. The smallest absolute Gasteiger partial charge is 0.323 e. The Balaban J connectivity index is 2.29. The molecule has 0 aliphatic rings. The number of hydrogen-bond acceptors (Lipinski definition) is 7. The summed E-state index contributed by atoms with van der Waals surface area (Å²) in [5.41, 5.74) is 6.37. The number of aromatic nitrogens is 3. The van der Waals surface area contributed by atoms with Crippen LogP contribution >= 0.6 is 15.9 Å². The molecule has 0 aliphatic heterocycles. The lowest BCUT2D eigenvalue weighted by Gasteiger charge is -2.10. The van der Waals surface area contributed by atoms with Crippen LogP contribution in [0.3, 0.4) is 0 Å². The van der Waals surface area contributed by atoms with Gasteiger partial charge in [-0.15, -0.1) is 0 Å². The summed E-state index contributed by atoms with van der Waals surface area (Å²) in [6, 6.07) is 5.68. The minimum absolute atomic E-state index is 0.0879. The molecule has 0 atom stereocenters. The number of nitrogens with zero attached hydrogens (tertiary/aromatic N) is 3. The van der Waals surface area contributed by atoms with Gasteiger partial charge in [-0.2, -0.15) is 15.0 Å². The van der Waals surface area contributed by atoms with Gasteiger partial charge in [0, 0.05) is 10.5 Å². The molecule has 1 aromatic carbocycles. The van der Waals surface area contributed by atoms with E-state index in [1.165, 1.54) is 0 Å². The topological polar surface area (TPSA) is 95.2 Å². The van der Waals surface area contributed by atoms with Crippen LogP contribution in [0.5, 0.6) is 11.8 Å². The number of benzene rings is 1. The normalized spacial score (nSPS) is 10.2. The molecule has 0 radical (unpaired) electrons. The maximum absolute atomic E-state index is 5.62. The van der Waals surface area contributed by atoms with Crippen molar-refractivity contribution in [2.45, 2.75) is 6.92 Å². The van der Waals surface area contributed by atoms with E-state index in [4.69, 9.17) is 15.2 Å². The molecule has 8 heteroatoms. The molecule has 3 N–H and O–H groups in total. The molecule has 0 saturated heterocycles. The summed E-state index contributed by atoms with van der Waals surface area (Å²) in [5.74, 6) is 1.10. The summed E-state index contributed by atoms with van der Waals surface area (Å²) < 4.78 is 11.2. The van der Waals surface area contributed by atoms with E-state index < -0.39 is 0 Å². The summed E-state index contributed by atoms with van der Waals surface area (Å²) in [4.78, 5) is 12.0. The van der Waals surface area contributed by atoms with Gasteiger partial charge in [0.05, 0.1) is 19.4 Å². The highest BCUT2D eigenvalue weighted by molar-refractivity contribution is 9.10. The second-order valence-electron chi connectivity index (χ2n) is 3.70. The minimum Gasteiger partial charge on any atom is -0.497 e. The maximum Gasteiger partial charge on any atom is 0.323 e. The van der Waals surface area contributed by atoms with E-state index in [0.29, 0.717) is 18.3 Å². The Labute approximate surface area is 124 Å². The van der Waals surface area contributed by atoms with E-state index in [-0.39, 0.29) is 12.0 Å². The molecule has 0 saturated carbocycles. The van der Waals surface area contributed by atoms with E-state index >= 15 is 0 Å². The van der Waals surface area contributed by atoms with E-state index in [9.17, 15) is 0 Å². The standard InChI is InChI=1S/C12H14BrN5O2/c1-3-20-12-17-10(14)16-11(18-12)15-9-6-7(19-2)4-5-8(9)13/h4-6H,3H2,1-2H3,(H3,14,15,16,17,18). The van der Waals surface area contributed by atoms with Crippen LogP contribution in [0.1, 0.15) is 6.92 Å². The van der Waals surface area contributed by atoms with Gasteiger partial charge in [0.2, 0.25) is 11.9 Å². The van der Waals surface area contributed by atoms with Crippen molar-refractivity contribution in [3.8, 4) is 11.8 Å². The maximum atomic E-state index is 5.62. The molecule has 0 aliphatic carbocycles. The van der Waals surface area contributed by atoms with Gasteiger partial charge in [-0.3, -0.25) is 0 Å². The van der Waals surface area contributed by atoms with Gasteiger partial charge in [-0.05, 0) is 35.0 Å². The first-order valence-electron chi connectivity index (χ1n) is 5.87. The second kappa shape index (κ2) is 6.38. The Kier molecular flexibility index (Phi) is 4.57. The van der Waals surface area contributed by atoms with Gasteiger partial charge in [0.25, 0.3) is 0 Å². The number of halogens is 1. The third kappa shape index (κ3) is 3.47. The van der Waals surface area contributed by atoms with E-state index in [1.807, 2.05) is 25.1 Å². The molecule has 0 spiro atoms. The quantitative estimate of drug-likeness (QED) is 0.863. The van der Waals surface area contributed by atoms with Gasteiger partial charge in [-0.25, -0.2) is 0 Å². The minimum atomic E-state index is 0.0879. The number of hydrogen-bond donors (Lipinski definition) is 2. The van der Waals surface area contributed by atoms with Crippen LogP contribution in [0, 0.1) is 0 Å². The number of anilines is 3.